The molecule has 0 atom stereocenters. The molecular weight excluding hydrogens is 300 g/mol. The van der Waals surface area contributed by atoms with Crippen molar-refractivity contribution in [2.75, 3.05) is 19.8 Å². The third kappa shape index (κ3) is 10.3. The summed E-state index contributed by atoms with van der Waals surface area (Å²) in [4.78, 5) is 22.0. The minimum absolute atomic E-state index is 0.383. The van der Waals surface area contributed by atoms with Gasteiger partial charge >= 0.3 is 11.9 Å². The third-order valence-electron chi connectivity index (χ3n) is 3.18. The Labute approximate surface area is 134 Å². The van der Waals surface area contributed by atoms with Crippen molar-refractivity contribution in [2.45, 2.75) is 44.8 Å². The highest BCUT2D eigenvalue weighted by Gasteiger charge is 2.28. The summed E-state index contributed by atoms with van der Waals surface area (Å²) in [5, 5.41) is 0. The molecule has 0 N–H and O–H groups in total. The summed E-state index contributed by atoms with van der Waals surface area (Å²) in [5.74, 6) is -0.789. The van der Waals surface area contributed by atoms with Crippen LogP contribution in [-0.4, -0.2) is 40.1 Å². The van der Waals surface area contributed by atoms with Gasteiger partial charge in [-0.2, -0.15) is 0 Å². The van der Waals surface area contributed by atoms with Crippen molar-refractivity contribution >= 4 is 20.3 Å². The molecule has 22 heavy (non-hydrogen) atoms. The second-order valence-electron chi connectivity index (χ2n) is 5.25. The molecule has 0 aliphatic carbocycles. The summed E-state index contributed by atoms with van der Waals surface area (Å²) < 4.78 is 16.0. The number of carbonyl (C=O) groups excluding carboxylic acids is 2. The molecule has 0 unspecified atom stereocenters. The zero-order chi connectivity index (χ0) is 16.8. The largest absolute Gasteiger partial charge is 0.463 e. The van der Waals surface area contributed by atoms with E-state index in [-0.39, 0.29) is 0 Å². The first-order valence-electron chi connectivity index (χ1n) is 7.69. The van der Waals surface area contributed by atoms with Crippen molar-refractivity contribution < 1.29 is 23.5 Å². The van der Waals surface area contributed by atoms with Crippen LogP contribution in [0.1, 0.15) is 26.2 Å². The monoisotopic (exact) mass is 328 g/mol. The van der Waals surface area contributed by atoms with E-state index in [4.69, 9.17) is 13.9 Å². The fourth-order valence-electron chi connectivity index (χ4n) is 1.97. The molecule has 6 heteroatoms. The average molecular weight is 328 g/mol. The third-order valence-corrected chi connectivity index (χ3v) is 6.90. The Morgan fingerprint density at radius 3 is 1.77 bits per heavy atom. The molecule has 0 aromatic carbocycles. The SMILES string of the molecule is C=CC(=O)OCCC[Si](C)(CCCOC(=O)C=C)OCCC. The number of carbonyl (C=O) groups is 2. The summed E-state index contributed by atoms with van der Waals surface area (Å²) in [7, 11) is -1.87. The molecular formula is C16H28O5Si. The van der Waals surface area contributed by atoms with Crippen LogP contribution in [0.15, 0.2) is 25.3 Å². The van der Waals surface area contributed by atoms with Gasteiger partial charge in [0.2, 0.25) is 0 Å². The molecule has 0 radical (unpaired) electrons. The average Bonchev–Trinajstić information content (AvgIpc) is 2.53. The van der Waals surface area contributed by atoms with Gasteiger partial charge in [0.1, 0.15) is 0 Å². The first-order chi connectivity index (χ1) is 10.5. The van der Waals surface area contributed by atoms with Crippen molar-refractivity contribution in [3.05, 3.63) is 25.3 Å². The van der Waals surface area contributed by atoms with Crippen LogP contribution in [0.5, 0.6) is 0 Å². The Bertz CT molecular complexity index is 340. The Kier molecular flexibility index (Phi) is 11.4. The van der Waals surface area contributed by atoms with Gasteiger partial charge in [0.15, 0.2) is 8.32 Å². The lowest BCUT2D eigenvalue weighted by atomic mass is 10.5. The highest BCUT2D eigenvalue weighted by Crippen LogP contribution is 2.22. The fraction of sp³-hybridized carbons (Fsp3) is 0.625. The van der Waals surface area contributed by atoms with Gasteiger partial charge in [-0.25, -0.2) is 9.59 Å². The van der Waals surface area contributed by atoms with Gasteiger partial charge in [-0.1, -0.05) is 20.1 Å². The van der Waals surface area contributed by atoms with E-state index in [2.05, 4.69) is 26.6 Å². The highest BCUT2D eigenvalue weighted by molar-refractivity contribution is 6.72. The number of ether oxygens (including phenoxy) is 2. The van der Waals surface area contributed by atoms with E-state index < -0.39 is 20.3 Å². The van der Waals surface area contributed by atoms with Crippen molar-refractivity contribution in [3.63, 3.8) is 0 Å². The lowest BCUT2D eigenvalue weighted by Gasteiger charge is -2.27. The predicted octanol–water partition coefficient (Wildman–Crippen LogP) is 3.23. The molecule has 0 amide bonds. The van der Waals surface area contributed by atoms with E-state index in [1.807, 2.05) is 0 Å². The molecule has 5 nitrogen and oxygen atoms in total. The summed E-state index contributed by atoms with van der Waals surface area (Å²) in [6.45, 7) is 12.5. The topological polar surface area (TPSA) is 61.8 Å². The number of esters is 2. The maximum atomic E-state index is 11.0. The van der Waals surface area contributed by atoms with Gasteiger partial charge in [-0.05, 0) is 37.9 Å². The Hall–Kier alpha value is -1.40. The van der Waals surface area contributed by atoms with E-state index >= 15 is 0 Å². The van der Waals surface area contributed by atoms with Gasteiger partial charge in [0, 0.05) is 18.8 Å². The van der Waals surface area contributed by atoms with E-state index in [9.17, 15) is 9.59 Å². The van der Waals surface area contributed by atoms with Crippen LogP contribution in [0.2, 0.25) is 18.6 Å². The molecule has 0 heterocycles. The molecule has 0 bridgehead atoms. The quantitative estimate of drug-likeness (QED) is 0.225. The maximum absolute atomic E-state index is 11.0. The van der Waals surface area contributed by atoms with Gasteiger partial charge in [0.05, 0.1) is 13.2 Å². The molecule has 0 aliphatic rings. The van der Waals surface area contributed by atoms with E-state index in [1.165, 1.54) is 0 Å². The van der Waals surface area contributed by atoms with Crippen LogP contribution < -0.4 is 0 Å². The zero-order valence-corrected chi connectivity index (χ0v) is 14.8. The molecule has 0 saturated heterocycles. The molecule has 0 fully saturated rings. The summed E-state index contributed by atoms with van der Waals surface area (Å²) in [6, 6.07) is 1.82. The van der Waals surface area contributed by atoms with E-state index in [1.54, 1.807) is 0 Å². The van der Waals surface area contributed by atoms with Crippen LogP contribution in [0.3, 0.4) is 0 Å². The summed E-state index contributed by atoms with van der Waals surface area (Å²) >= 11 is 0. The molecule has 126 valence electrons. The first-order valence-corrected chi connectivity index (χ1v) is 10.5. The fourth-order valence-corrected chi connectivity index (χ4v) is 4.99. The van der Waals surface area contributed by atoms with Crippen LogP contribution >= 0.6 is 0 Å². The lowest BCUT2D eigenvalue weighted by Crippen LogP contribution is -2.35. The molecule has 0 rings (SSSR count). The number of rotatable bonds is 13. The molecule has 0 spiro atoms. The molecule has 0 aromatic heterocycles. The smallest absolute Gasteiger partial charge is 0.330 e. The Morgan fingerprint density at radius 2 is 1.41 bits per heavy atom. The minimum Gasteiger partial charge on any atom is -0.463 e. The molecule has 0 aromatic rings. The second kappa shape index (κ2) is 12.2. The Balaban J connectivity index is 4.14. The van der Waals surface area contributed by atoms with Crippen LogP contribution in [-0.2, 0) is 23.5 Å². The Morgan fingerprint density at radius 1 is 0.955 bits per heavy atom. The van der Waals surface area contributed by atoms with Crippen LogP contribution in [0, 0.1) is 0 Å². The van der Waals surface area contributed by atoms with Crippen molar-refractivity contribution in [1.82, 2.24) is 0 Å². The van der Waals surface area contributed by atoms with Crippen LogP contribution in [0.25, 0.3) is 0 Å². The van der Waals surface area contributed by atoms with Crippen molar-refractivity contribution in [3.8, 4) is 0 Å². The molecule has 0 aliphatic heterocycles. The van der Waals surface area contributed by atoms with Gasteiger partial charge < -0.3 is 13.9 Å². The van der Waals surface area contributed by atoms with Gasteiger partial charge in [-0.3, -0.25) is 0 Å². The van der Waals surface area contributed by atoms with Gasteiger partial charge in [-0.15, -0.1) is 0 Å². The van der Waals surface area contributed by atoms with Crippen molar-refractivity contribution in [2.24, 2.45) is 0 Å². The summed E-state index contributed by atoms with van der Waals surface area (Å²) in [6.07, 6.45) is 4.85. The van der Waals surface area contributed by atoms with Crippen LogP contribution in [0.4, 0.5) is 0 Å². The lowest BCUT2D eigenvalue weighted by molar-refractivity contribution is -0.138. The second-order valence-corrected chi connectivity index (χ2v) is 9.44. The first kappa shape index (κ1) is 20.6. The van der Waals surface area contributed by atoms with Gasteiger partial charge in [0.25, 0.3) is 0 Å². The maximum Gasteiger partial charge on any atom is 0.330 e. The van der Waals surface area contributed by atoms with Crippen molar-refractivity contribution in [1.29, 1.82) is 0 Å². The molecule has 0 saturated carbocycles. The number of hydrogen-bond acceptors (Lipinski definition) is 5. The van der Waals surface area contributed by atoms with E-state index in [0.29, 0.717) is 13.2 Å². The predicted molar refractivity (Wildman–Crippen MR) is 89.0 cm³/mol. The standard InChI is InChI=1S/C16H28O5Si/c1-5-10-21-22(4,13-8-11-19-15(17)6-2)14-9-12-20-16(18)7-3/h6-7H,2-3,5,8-14H2,1,4H3. The van der Waals surface area contributed by atoms with E-state index in [0.717, 1.165) is 50.1 Å². The minimum atomic E-state index is -1.87. The summed E-state index contributed by atoms with van der Waals surface area (Å²) in [5.41, 5.74) is 0. The highest BCUT2D eigenvalue weighted by atomic mass is 28.4. The number of hydrogen-bond donors (Lipinski definition) is 0. The zero-order valence-electron chi connectivity index (χ0n) is 13.8. The normalized spacial score (nSPS) is 10.8.